The van der Waals surface area contributed by atoms with E-state index in [0.29, 0.717) is 0 Å². The third-order valence-electron chi connectivity index (χ3n) is 3.18. The lowest BCUT2D eigenvalue weighted by molar-refractivity contribution is 0.161. The lowest BCUT2D eigenvalue weighted by atomic mass is 10.1. The van der Waals surface area contributed by atoms with Crippen LogP contribution in [0.4, 0.5) is 0 Å². The van der Waals surface area contributed by atoms with E-state index in [9.17, 15) is 0 Å². The molecule has 1 fully saturated rings. The number of benzene rings is 1. The highest BCUT2D eigenvalue weighted by atomic mass is 16.5. The molecule has 1 atom stereocenters. The molecule has 0 bridgehead atoms. The molecular formula is C14H21NO2. The molecular weight excluding hydrogens is 214 g/mol. The first-order chi connectivity index (χ1) is 8.33. The molecule has 0 aromatic heterocycles. The Bertz CT molecular complexity index is 359. The van der Waals surface area contributed by atoms with Crippen LogP contribution in [0.3, 0.4) is 0 Å². The summed E-state index contributed by atoms with van der Waals surface area (Å²) in [6.45, 7) is 4.17. The van der Waals surface area contributed by atoms with Gasteiger partial charge in [-0.3, -0.25) is 0 Å². The number of nitrogens with one attached hydrogen (secondary N) is 1. The summed E-state index contributed by atoms with van der Waals surface area (Å²) in [5, 5.41) is 3.35. The molecule has 1 aromatic rings. The summed E-state index contributed by atoms with van der Waals surface area (Å²) in [6.07, 6.45) is 3.58. The summed E-state index contributed by atoms with van der Waals surface area (Å²) in [5.41, 5.74) is 1.27. The molecule has 1 N–H and O–H groups in total. The number of hydrogen-bond donors (Lipinski definition) is 1. The van der Waals surface area contributed by atoms with Gasteiger partial charge < -0.3 is 14.8 Å². The molecule has 3 nitrogen and oxygen atoms in total. The van der Waals surface area contributed by atoms with E-state index in [1.807, 2.05) is 6.07 Å². The first-order valence-electron chi connectivity index (χ1n) is 6.37. The third-order valence-corrected chi connectivity index (χ3v) is 3.18. The Morgan fingerprint density at radius 3 is 2.88 bits per heavy atom. The molecule has 0 spiro atoms. The minimum atomic E-state index is 0.269. The van der Waals surface area contributed by atoms with Crippen LogP contribution in [0.15, 0.2) is 18.2 Å². The van der Waals surface area contributed by atoms with Gasteiger partial charge in [0.05, 0.1) is 7.11 Å². The van der Waals surface area contributed by atoms with Crippen molar-refractivity contribution in [1.29, 1.82) is 0 Å². The van der Waals surface area contributed by atoms with Gasteiger partial charge >= 0.3 is 0 Å². The molecule has 0 radical (unpaired) electrons. The quantitative estimate of drug-likeness (QED) is 0.869. The van der Waals surface area contributed by atoms with Crippen LogP contribution in [0.1, 0.15) is 25.3 Å². The first-order valence-corrected chi connectivity index (χ1v) is 6.37. The number of rotatable bonds is 4. The fourth-order valence-corrected chi connectivity index (χ4v) is 2.13. The fraction of sp³-hybridized carbons (Fsp3) is 0.571. The highest BCUT2D eigenvalue weighted by Crippen LogP contribution is 2.29. The van der Waals surface area contributed by atoms with Crippen molar-refractivity contribution in [1.82, 2.24) is 5.32 Å². The van der Waals surface area contributed by atoms with Crippen molar-refractivity contribution < 1.29 is 9.47 Å². The molecule has 1 aliphatic rings. The van der Waals surface area contributed by atoms with Gasteiger partial charge in [-0.1, -0.05) is 13.0 Å². The zero-order valence-corrected chi connectivity index (χ0v) is 10.7. The zero-order valence-electron chi connectivity index (χ0n) is 10.7. The maximum atomic E-state index is 5.99. The highest BCUT2D eigenvalue weighted by Gasteiger charge is 2.16. The molecule has 0 amide bonds. The molecule has 2 rings (SSSR count). The fourth-order valence-electron chi connectivity index (χ4n) is 2.13. The monoisotopic (exact) mass is 235 g/mol. The van der Waals surface area contributed by atoms with E-state index in [-0.39, 0.29) is 6.10 Å². The van der Waals surface area contributed by atoms with Gasteiger partial charge in [0, 0.05) is 6.54 Å². The average Bonchev–Trinajstić information content (AvgIpc) is 2.40. The number of ether oxygens (including phenoxy) is 2. The van der Waals surface area contributed by atoms with Gasteiger partial charge in [-0.2, -0.15) is 0 Å². The van der Waals surface area contributed by atoms with Gasteiger partial charge in [-0.15, -0.1) is 0 Å². The first kappa shape index (κ1) is 12.2. The molecule has 1 saturated heterocycles. The van der Waals surface area contributed by atoms with E-state index in [1.165, 1.54) is 12.0 Å². The molecule has 1 heterocycles. The normalized spacial score (nSPS) is 20.0. The third kappa shape index (κ3) is 3.13. The molecule has 1 aliphatic heterocycles. The maximum Gasteiger partial charge on any atom is 0.161 e. The summed E-state index contributed by atoms with van der Waals surface area (Å²) in [6, 6.07) is 6.19. The van der Waals surface area contributed by atoms with Crippen LogP contribution in [0.2, 0.25) is 0 Å². The minimum absolute atomic E-state index is 0.269. The van der Waals surface area contributed by atoms with Crippen LogP contribution in [-0.4, -0.2) is 26.3 Å². The molecule has 0 aliphatic carbocycles. The van der Waals surface area contributed by atoms with E-state index in [0.717, 1.165) is 37.4 Å². The van der Waals surface area contributed by atoms with E-state index in [1.54, 1.807) is 7.11 Å². The Kier molecular flexibility index (Phi) is 4.26. The molecule has 94 valence electrons. The lowest BCUT2D eigenvalue weighted by Gasteiger charge is -2.24. The van der Waals surface area contributed by atoms with Crippen molar-refractivity contribution in [3.63, 3.8) is 0 Å². The smallest absolute Gasteiger partial charge is 0.161 e. The summed E-state index contributed by atoms with van der Waals surface area (Å²) < 4.78 is 11.4. The second-order valence-corrected chi connectivity index (χ2v) is 4.42. The second kappa shape index (κ2) is 5.92. The van der Waals surface area contributed by atoms with Gasteiger partial charge in [0.1, 0.15) is 6.10 Å². The molecule has 17 heavy (non-hydrogen) atoms. The standard InChI is InChI=1S/C14H21NO2/c1-3-11-6-7-13(14(9-11)16-2)17-12-5-4-8-15-10-12/h6-7,9,12,15H,3-5,8,10H2,1-2H3. The topological polar surface area (TPSA) is 30.5 Å². The van der Waals surface area contributed by atoms with Crippen molar-refractivity contribution in [2.75, 3.05) is 20.2 Å². The van der Waals surface area contributed by atoms with Crippen molar-refractivity contribution in [3.8, 4) is 11.5 Å². The Hall–Kier alpha value is -1.22. The van der Waals surface area contributed by atoms with Gasteiger partial charge in [0.25, 0.3) is 0 Å². The summed E-state index contributed by atoms with van der Waals surface area (Å²) in [5.74, 6) is 1.70. The Balaban J connectivity index is 2.08. The number of methoxy groups -OCH3 is 1. The van der Waals surface area contributed by atoms with E-state index >= 15 is 0 Å². The van der Waals surface area contributed by atoms with Crippen LogP contribution in [0.25, 0.3) is 0 Å². The van der Waals surface area contributed by atoms with Gasteiger partial charge in [0.2, 0.25) is 0 Å². The van der Waals surface area contributed by atoms with Crippen molar-refractivity contribution >= 4 is 0 Å². The molecule has 1 unspecified atom stereocenters. The largest absolute Gasteiger partial charge is 0.493 e. The average molecular weight is 235 g/mol. The predicted molar refractivity (Wildman–Crippen MR) is 68.9 cm³/mol. The Morgan fingerprint density at radius 1 is 1.35 bits per heavy atom. The Labute approximate surface area is 103 Å². The van der Waals surface area contributed by atoms with Gasteiger partial charge in [-0.25, -0.2) is 0 Å². The minimum Gasteiger partial charge on any atom is -0.493 e. The number of aryl methyl sites for hydroxylation is 1. The zero-order chi connectivity index (χ0) is 12.1. The van der Waals surface area contributed by atoms with E-state index < -0.39 is 0 Å². The van der Waals surface area contributed by atoms with Gasteiger partial charge in [0.15, 0.2) is 11.5 Å². The molecule has 1 aromatic carbocycles. The SMILES string of the molecule is CCc1ccc(OC2CCCNC2)c(OC)c1. The highest BCUT2D eigenvalue weighted by molar-refractivity contribution is 5.43. The summed E-state index contributed by atoms with van der Waals surface area (Å²) >= 11 is 0. The van der Waals surface area contributed by atoms with Crippen LogP contribution in [-0.2, 0) is 6.42 Å². The number of hydrogen-bond acceptors (Lipinski definition) is 3. The summed E-state index contributed by atoms with van der Waals surface area (Å²) in [4.78, 5) is 0. The van der Waals surface area contributed by atoms with Crippen molar-refractivity contribution in [2.45, 2.75) is 32.3 Å². The predicted octanol–water partition coefficient (Wildman–Crippen LogP) is 2.39. The lowest BCUT2D eigenvalue weighted by Crippen LogP contribution is -2.37. The molecule has 3 heteroatoms. The van der Waals surface area contributed by atoms with Crippen LogP contribution < -0.4 is 14.8 Å². The second-order valence-electron chi connectivity index (χ2n) is 4.42. The summed E-state index contributed by atoms with van der Waals surface area (Å²) in [7, 11) is 1.70. The van der Waals surface area contributed by atoms with Crippen molar-refractivity contribution in [2.24, 2.45) is 0 Å². The maximum absolute atomic E-state index is 5.99. The Morgan fingerprint density at radius 2 is 2.24 bits per heavy atom. The van der Waals surface area contributed by atoms with Gasteiger partial charge in [-0.05, 0) is 43.5 Å². The van der Waals surface area contributed by atoms with E-state index in [4.69, 9.17) is 9.47 Å². The van der Waals surface area contributed by atoms with Crippen LogP contribution >= 0.6 is 0 Å². The van der Waals surface area contributed by atoms with Crippen LogP contribution in [0, 0.1) is 0 Å². The molecule has 0 saturated carbocycles. The van der Waals surface area contributed by atoms with Crippen molar-refractivity contribution in [3.05, 3.63) is 23.8 Å². The van der Waals surface area contributed by atoms with E-state index in [2.05, 4.69) is 24.4 Å². The number of piperidine rings is 1. The van der Waals surface area contributed by atoms with Crippen LogP contribution in [0.5, 0.6) is 11.5 Å².